The molecule has 4 N–H and O–H groups in total. The van der Waals surface area contributed by atoms with Gasteiger partial charge in [0.25, 0.3) is 10.0 Å². The first-order chi connectivity index (χ1) is 11.7. The molecule has 0 aliphatic rings. The summed E-state index contributed by atoms with van der Waals surface area (Å²) in [5.74, 6) is 5.41. The van der Waals surface area contributed by atoms with E-state index in [9.17, 15) is 21.6 Å². The maximum Gasteiger partial charge on any atom is 0.416 e. The van der Waals surface area contributed by atoms with Crippen LogP contribution in [0.25, 0.3) is 0 Å². The number of nitrogen functional groups attached to an aromatic ring is 1. The van der Waals surface area contributed by atoms with Crippen molar-refractivity contribution in [2.75, 3.05) is 10.1 Å². The summed E-state index contributed by atoms with van der Waals surface area (Å²) in [7, 11) is -3.93. The minimum absolute atomic E-state index is 0.00912. The Morgan fingerprint density at radius 3 is 2.24 bits per heavy atom. The lowest BCUT2D eigenvalue weighted by Gasteiger charge is -2.13. The van der Waals surface area contributed by atoms with E-state index in [-0.39, 0.29) is 10.6 Å². The Balaban J connectivity index is 2.28. The highest BCUT2D eigenvalue weighted by atomic mass is 32.2. The Morgan fingerprint density at radius 2 is 1.72 bits per heavy atom. The van der Waals surface area contributed by atoms with Gasteiger partial charge < -0.3 is 5.43 Å². The molecule has 0 spiro atoms. The topological polar surface area (TPSA) is 84.2 Å². The molecular formula is C16H18F3N3O2S. The second-order valence-corrected chi connectivity index (χ2v) is 7.08. The highest BCUT2D eigenvalue weighted by molar-refractivity contribution is 7.92. The molecule has 0 aliphatic heterocycles. The molecule has 0 aliphatic carbocycles. The highest BCUT2D eigenvalue weighted by Gasteiger charge is 2.30. The van der Waals surface area contributed by atoms with Gasteiger partial charge in [0.15, 0.2) is 0 Å². The fraction of sp³-hybridized carbons (Fsp3) is 0.250. The van der Waals surface area contributed by atoms with E-state index in [2.05, 4.69) is 10.1 Å². The van der Waals surface area contributed by atoms with Gasteiger partial charge in [-0.3, -0.25) is 10.6 Å². The van der Waals surface area contributed by atoms with Gasteiger partial charge in [0.1, 0.15) is 0 Å². The van der Waals surface area contributed by atoms with Crippen LogP contribution in [0.1, 0.15) is 24.5 Å². The molecule has 0 atom stereocenters. The van der Waals surface area contributed by atoms with E-state index in [1.54, 1.807) is 6.07 Å². The zero-order valence-electron chi connectivity index (χ0n) is 13.4. The lowest BCUT2D eigenvalue weighted by atomic mass is 10.1. The van der Waals surface area contributed by atoms with Crippen LogP contribution in [0.4, 0.5) is 24.5 Å². The second kappa shape index (κ2) is 7.32. The van der Waals surface area contributed by atoms with Gasteiger partial charge in [-0.1, -0.05) is 13.3 Å². The standard InChI is InChI=1S/C16H18F3N3O2S/c1-2-3-11-10-14(8-9-15(11)21-20)25(23,24)22-13-6-4-12(5-7-13)16(17,18)19/h4-10,21-22H,2-3,20H2,1H3. The number of rotatable bonds is 6. The van der Waals surface area contributed by atoms with Gasteiger partial charge in [-0.25, -0.2) is 8.42 Å². The van der Waals surface area contributed by atoms with Crippen LogP contribution in [-0.4, -0.2) is 8.42 Å². The molecule has 136 valence electrons. The van der Waals surface area contributed by atoms with Gasteiger partial charge >= 0.3 is 6.18 Å². The number of alkyl halides is 3. The summed E-state index contributed by atoms with van der Waals surface area (Å²) < 4.78 is 64.9. The van der Waals surface area contributed by atoms with Crippen LogP contribution < -0.4 is 16.0 Å². The third-order valence-corrected chi connectivity index (χ3v) is 4.91. The number of halogens is 3. The number of benzene rings is 2. The van der Waals surface area contributed by atoms with Gasteiger partial charge in [0.2, 0.25) is 0 Å². The first-order valence-electron chi connectivity index (χ1n) is 7.47. The molecule has 0 bridgehead atoms. The molecule has 0 heterocycles. The Labute approximate surface area is 144 Å². The van der Waals surface area contributed by atoms with Crippen molar-refractivity contribution in [2.24, 2.45) is 5.84 Å². The van der Waals surface area contributed by atoms with E-state index in [1.807, 2.05) is 6.92 Å². The average molecular weight is 373 g/mol. The molecule has 9 heteroatoms. The minimum atomic E-state index is -4.47. The molecule has 0 saturated heterocycles. The molecule has 0 unspecified atom stereocenters. The minimum Gasteiger partial charge on any atom is -0.324 e. The highest BCUT2D eigenvalue weighted by Crippen LogP contribution is 2.30. The molecule has 0 saturated carbocycles. The van der Waals surface area contributed by atoms with Crippen molar-refractivity contribution in [3.05, 3.63) is 53.6 Å². The van der Waals surface area contributed by atoms with Crippen LogP contribution in [-0.2, 0) is 22.6 Å². The maximum absolute atomic E-state index is 12.6. The number of hydrogen-bond donors (Lipinski definition) is 3. The number of hydrogen-bond acceptors (Lipinski definition) is 4. The summed E-state index contributed by atoms with van der Waals surface area (Å²) in [5.41, 5.74) is 3.06. The zero-order valence-corrected chi connectivity index (χ0v) is 14.2. The van der Waals surface area contributed by atoms with E-state index in [0.29, 0.717) is 12.1 Å². The average Bonchev–Trinajstić information content (AvgIpc) is 2.54. The monoisotopic (exact) mass is 373 g/mol. The SMILES string of the molecule is CCCc1cc(S(=O)(=O)Nc2ccc(C(F)(F)F)cc2)ccc1NN. The summed E-state index contributed by atoms with van der Waals surface area (Å²) in [4.78, 5) is 0.00912. The largest absolute Gasteiger partial charge is 0.416 e. The van der Waals surface area contributed by atoms with Crippen molar-refractivity contribution in [1.82, 2.24) is 0 Å². The lowest BCUT2D eigenvalue weighted by molar-refractivity contribution is -0.137. The first kappa shape index (κ1) is 19.1. The van der Waals surface area contributed by atoms with Crippen molar-refractivity contribution < 1.29 is 21.6 Å². The fourth-order valence-corrected chi connectivity index (χ4v) is 3.40. The second-order valence-electron chi connectivity index (χ2n) is 5.39. The zero-order chi connectivity index (χ0) is 18.7. The van der Waals surface area contributed by atoms with E-state index < -0.39 is 21.8 Å². The molecule has 0 aromatic heterocycles. The van der Waals surface area contributed by atoms with Crippen molar-refractivity contribution in [1.29, 1.82) is 0 Å². The number of nitrogens with one attached hydrogen (secondary N) is 2. The molecule has 2 aromatic rings. The Morgan fingerprint density at radius 1 is 1.08 bits per heavy atom. The number of hydrazine groups is 1. The summed E-state index contributed by atoms with van der Waals surface area (Å²) in [6, 6.07) is 8.20. The van der Waals surface area contributed by atoms with Crippen LogP contribution in [0.3, 0.4) is 0 Å². The Bertz CT molecular complexity index is 835. The van der Waals surface area contributed by atoms with Crippen LogP contribution >= 0.6 is 0 Å². The van der Waals surface area contributed by atoms with Crippen LogP contribution in [0.15, 0.2) is 47.4 Å². The quantitative estimate of drug-likeness (QED) is 0.532. The molecule has 0 fully saturated rings. The Kier molecular flexibility index (Phi) is 5.58. The van der Waals surface area contributed by atoms with Gasteiger partial charge in [0, 0.05) is 5.69 Å². The fourth-order valence-electron chi connectivity index (χ4n) is 2.30. The first-order valence-corrected chi connectivity index (χ1v) is 8.95. The Hall–Kier alpha value is -2.26. The summed E-state index contributed by atoms with van der Waals surface area (Å²) in [5, 5.41) is 0. The smallest absolute Gasteiger partial charge is 0.324 e. The number of anilines is 2. The van der Waals surface area contributed by atoms with Crippen molar-refractivity contribution in [2.45, 2.75) is 30.8 Å². The van der Waals surface area contributed by atoms with Gasteiger partial charge in [-0.2, -0.15) is 13.2 Å². The summed E-state index contributed by atoms with van der Waals surface area (Å²) in [6.45, 7) is 1.95. The van der Waals surface area contributed by atoms with Gasteiger partial charge in [-0.05, 0) is 54.4 Å². The normalized spacial score (nSPS) is 12.0. The van der Waals surface area contributed by atoms with Crippen LogP contribution in [0.5, 0.6) is 0 Å². The molecule has 2 aromatic carbocycles. The van der Waals surface area contributed by atoms with Crippen molar-refractivity contribution in [3.8, 4) is 0 Å². The predicted octanol–water partition coefficient (Wildman–Crippen LogP) is 3.74. The molecule has 2 rings (SSSR count). The number of sulfonamides is 1. The van der Waals surface area contributed by atoms with E-state index in [0.717, 1.165) is 36.2 Å². The maximum atomic E-state index is 12.6. The molecular weight excluding hydrogens is 355 g/mol. The van der Waals surface area contributed by atoms with E-state index in [1.165, 1.54) is 12.1 Å². The van der Waals surface area contributed by atoms with E-state index >= 15 is 0 Å². The summed E-state index contributed by atoms with van der Waals surface area (Å²) >= 11 is 0. The molecule has 0 amide bonds. The third kappa shape index (κ3) is 4.64. The third-order valence-electron chi connectivity index (χ3n) is 3.53. The number of aryl methyl sites for hydroxylation is 1. The van der Waals surface area contributed by atoms with Gasteiger partial charge in [-0.15, -0.1) is 0 Å². The molecule has 25 heavy (non-hydrogen) atoms. The number of nitrogens with two attached hydrogens (primary N) is 1. The molecule has 0 radical (unpaired) electrons. The van der Waals surface area contributed by atoms with Crippen LogP contribution in [0, 0.1) is 0 Å². The van der Waals surface area contributed by atoms with Gasteiger partial charge in [0.05, 0.1) is 16.1 Å². The molecule has 5 nitrogen and oxygen atoms in total. The van der Waals surface area contributed by atoms with Crippen LogP contribution in [0.2, 0.25) is 0 Å². The summed E-state index contributed by atoms with van der Waals surface area (Å²) in [6.07, 6.45) is -3.05. The van der Waals surface area contributed by atoms with Crippen molar-refractivity contribution >= 4 is 21.4 Å². The van der Waals surface area contributed by atoms with Crippen molar-refractivity contribution in [3.63, 3.8) is 0 Å². The van der Waals surface area contributed by atoms with E-state index in [4.69, 9.17) is 5.84 Å². The lowest BCUT2D eigenvalue weighted by Crippen LogP contribution is -2.15. The predicted molar refractivity (Wildman–Crippen MR) is 90.5 cm³/mol.